The second-order valence-corrected chi connectivity index (χ2v) is 7.28. The number of carbonyl (C=O) groups excluding carboxylic acids is 3. The fourth-order valence-electron chi connectivity index (χ4n) is 3.06. The second kappa shape index (κ2) is 12.0. The first-order chi connectivity index (χ1) is 15.2. The molecule has 33 heavy (non-hydrogen) atoms. The molecule has 2 amide bonds. The molecule has 0 radical (unpaired) electrons. The van der Waals surface area contributed by atoms with E-state index in [1.165, 1.54) is 12.1 Å². The summed E-state index contributed by atoms with van der Waals surface area (Å²) in [5.41, 5.74) is 2.73. The SMILES string of the molecule is Cc1noc(C)c1-c1cccc(NC(=O)COCC(=O)Nc2ccc(Cl)cc2C(=O)[O-])c1.[Na+]. The summed E-state index contributed by atoms with van der Waals surface area (Å²) < 4.78 is 10.3. The van der Waals surface area contributed by atoms with E-state index in [0.717, 1.165) is 22.9 Å². The van der Waals surface area contributed by atoms with Crippen molar-refractivity contribution in [1.29, 1.82) is 0 Å². The smallest absolute Gasteiger partial charge is 0.545 e. The molecule has 0 aliphatic heterocycles. The van der Waals surface area contributed by atoms with E-state index in [2.05, 4.69) is 15.8 Å². The first-order valence-corrected chi connectivity index (χ1v) is 9.84. The van der Waals surface area contributed by atoms with Crippen LogP contribution in [0.15, 0.2) is 47.0 Å². The number of aromatic carboxylic acids is 1. The van der Waals surface area contributed by atoms with Crippen molar-refractivity contribution < 1.29 is 58.3 Å². The van der Waals surface area contributed by atoms with E-state index in [9.17, 15) is 19.5 Å². The topological polar surface area (TPSA) is 134 Å². The van der Waals surface area contributed by atoms with Gasteiger partial charge in [-0.3, -0.25) is 9.59 Å². The molecule has 0 aliphatic carbocycles. The monoisotopic (exact) mass is 479 g/mol. The van der Waals surface area contributed by atoms with Gasteiger partial charge in [0.15, 0.2) is 0 Å². The quantitative estimate of drug-likeness (QED) is 0.419. The number of aryl methyl sites for hydroxylation is 2. The Morgan fingerprint density at radius 3 is 2.39 bits per heavy atom. The van der Waals surface area contributed by atoms with Gasteiger partial charge in [0.05, 0.1) is 11.7 Å². The number of nitrogens with zero attached hydrogens (tertiary/aromatic N) is 1. The number of halogens is 1. The Morgan fingerprint density at radius 2 is 1.76 bits per heavy atom. The average Bonchev–Trinajstić information content (AvgIpc) is 3.07. The fourth-order valence-corrected chi connectivity index (χ4v) is 3.23. The number of benzene rings is 2. The Bertz CT molecular complexity index is 1160. The van der Waals surface area contributed by atoms with Gasteiger partial charge in [-0.2, -0.15) is 0 Å². The third-order valence-electron chi connectivity index (χ3n) is 4.41. The van der Waals surface area contributed by atoms with Crippen LogP contribution in [0.4, 0.5) is 11.4 Å². The normalized spacial score (nSPS) is 10.3. The van der Waals surface area contributed by atoms with Gasteiger partial charge in [-0.25, -0.2) is 0 Å². The largest absolute Gasteiger partial charge is 1.00 e. The molecule has 11 heteroatoms. The van der Waals surface area contributed by atoms with Crippen LogP contribution in [0.5, 0.6) is 0 Å². The number of rotatable bonds is 8. The van der Waals surface area contributed by atoms with Gasteiger partial charge in [-0.1, -0.05) is 28.9 Å². The van der Waals surface area contributed by atoms with Gasteiger partial charge in [0.1, 0.15) is 19.0 Å². The molecule has 1 heterocycles. The van der Waals surface area contributed by atoms with E-state index >= 15 is 0 Å². The van der Waals surface area contributed by atoms with Crippen LogP contribution in [-0.2, 0) is 14.3 Å². The molecule has 0 spiro atoms. The summed E-state index contributed by atoms with van der Waals surface area (Å²) >= 11 is 5.76. The van der Waals surface area contributed by atoms with E-state index < -0.39 is 24.4 Å². The van der Waals surface area contributed by atoms with Crippen molar-refractivity contribution in [3.8, 4) is 11.1 Å². The summed E-state index contributed by atoms with van der Waals surface area (Å²) in [6.45, 7) is 2.80. The number of carbonyl (C=O) groups is 3. The van der Waals surface area contributed by atoms with Crippen molar-refractivity contribution >= 4 is 40.8 Å². The zero-order chi connectivity index (χ0) is 23.3. The Hall–Kier alpha value is -2.69. The summed E-state index contributed by atoms with van der Waals surface area (Å²) in [7, 11) is 0. The molecule has 0 unspecified atom stereocenters. The van der Waals surface area contributed by atoms with Crippen molar-refractivity contribution in [2.45, 2.75) is 13.8 Å². The molecule has 1 aromatic heterocycles. The van der Waals surface area contributed by atoms with Crippen LogP contribution >= 0.6 is 11.6 Å². The number of aromatic nitrogens is 1. The predicted molar refractivity (Wildman–Crippen MR) is 115 cm³/mol. The van der Waals surface area contributed by atoms with Crippen LogP contribution in [-0.4, -0.2) is 36.2 Å². The van der Waals surface area contributed by atoms with Gasteiger partial charge < -0.3 is 29.8 Å². The molecule has 0 atom stereocenters. The summed E-state index contributed by atoms with van der Waals surface area (Å²) in [5, 5.41) is 20.3. The molecule has 2 aromatic carbocycles. The number of anilines is 2. The van der Waals surface area contributed by atoms with Crippen LogP contribution in [0.3, 0.4) is 0 Å². The van der Waals surface area contributed by atoms with Gasteiger partial charge >= 0.3 is 29.6 Å². The van der Waals surface area contributed by atoms with Crippen molar-refractivity contribution in [1.82, 2.24) is 5.16 Å². The van der Waals surface area contributed by atoms with Gasteiger partial charge in [-0.15, -0.1) is 0 Å². The van der Waals surface area contributed by atoms with Gasteiger partial charge in [0, 0.05) is 27.5 Å². The second-order valence-electron chi connectivity index (χ2n) is 6.85. The number of amides is 2. The van der Waals surface area contributed by atoms with Crippen LogP contribution in [0, 0.1) is 13.8 Å². The molecule has 0 bridgehead atoms. The van der Waals surface area contributed by atoms with Crippen molar-refractivity contribution in [2.75, 3.05) is 23.8 Å². The van der Waals surface area contributed by atoms with Crippen LogP contribution in [0.1, 0.15) is 21.8 Å². The fraction of sp³-hybridized carbons (Fsp3) is 0.182. The number of hydrogen-bond donors (Lipinski definition) is 2. The number of carboxylic acids is 1. The molecule has 2 N–H and O–H groups in total. The minimum absolute atomic E-state index is 0. The number of ether oxygens (including phenoxy) is 1. The van der Waals surface area contributed by atoms with Gasteiger partial charge in [-0.05, 0) is 49.7 Å². The minimum atomic E-state index is -1.48. The van der Waals surface area contributed by atoms with E-state index in [4.69, 9.17) is 20.9 Å². The molecule has 9 nitrogen and oxygen atoms in total. The summed E-state index contributed by atoms with van der Waals surface area (Å²) in [6.07, 6.45) is 0. The number of hydrogen-bond acceptors (Lipinski definition) is 7. The van der Waals surface area contributed by atoms with Gasteiger partial charge in [0.2, 0.25) is 11.8 Å². The number of carboxylic acid groups (broad SMARTS) is 1. The predicted octanol–water partition coefficient (Wildman–Crippen LogP) is -0.427. The standard InChI is InChI=1S/C22H20ClN3O6.Na/c1-12-21(13(2)32-26-12)14-4-3-5-16(8-14)24-19(27)10-31-11-20(28)25-18-7-6-15(23)9-17(18)22(29)30;/h3-9H,10-11H2,1-2H3,(H,24,27)(H,25,28)(H,29,30);/q;+1/p-1. The van der Waals surface area contributed by atoms with E-state index in [1.807, 2.05) is 13.0 Å². The summed E-state index contributed by atoms with van der Waals surface area (Å²) in [4.78, 5) is 35.3. The Morgan fingerprint density at radius 1 is 1.06 bits per heavy atom. The maximum atomic E-state index is 12.2. The zero-order valence-electron chi connectivity index (χ0n) is 18.2. The molecule has 3 aromatic rings. The van der Waals surface area contributed by atoms with Crippen LogP contribution < -0.4 is 45.3 Å². The van der Waals surface area contributed by atoms with Crippen LogP contribution in [0.2, 0.25) is 5.02 Å². The molecular weight excluding hydrogens is 461 g/mol. The average molecular weight is 480 g/mol. The third kappa shape index (κ3) is 7.15. The molecule has 3 rings (SSSR count). The third-order valence-corrected chi connectivity index (χ3v) is 4.65. The molecule has 0 fully saturated rings. The number of nitrogens with one attached hydrogen (secondary N) is 2. The minimum Gasteiger partial charge on any atom is -0.545 e. The molecule has 0 saturated carbocycles. The van der Waals surface area contributed by atoms with E-state index in [0.29, 0.717) is 11.4 Å². The first-order valence-electron chi connectivity index (χ1n) is 9.46. The zero-order valence-corrected chi connectivity index (χ0v) is 21.0. The van der Waals surface area contributed by atoms with E-state index in [1.54, 1.807) is 25.1 Å². The maximum Gasteiger partial charge on any atom is 1.00 e. The van der Waals surface area contributed by atoms with Gasteiger partial charge in [0.25, 0.3) is 0 Å². The summed E-state index contributed by atoms with van der Waals surface area (Å²) in [5.74, 6) is -1.91. The van der Waals surface area contributed by atoms with E-state index in [-0.39, 0.29) is 52.4 Å². The first kappa shape index (κ1) is 26.6. The Labute approximate surface area is 216 Å². The molecule has 0 aliphatic rings. The molecular formula is C22H19ClN3NaO6. The molecule has 166 valence electrons. The maximum absolute atomic E-state index is 12.2. The van der Waals surface area contributed by atoms with Crippen LogP contribution in [0.25, 0.3) is 11.1 Å². The Balaban J connectivity index is 0.00000385. The Kier molecular flexibility index (Phi) is 9.63. The van der Waals surface area contributed by atoms with Crippen molar-refractivity contribution in [3.05, 3.63) is 64.5 Å². The summed E-state index contributed by atoms with van der Waals surface area (Å²) in [6, 6.07) is 11.1. The van der Waals surface area contributed by atoms with Crippen molar-refractivity contribution in [2.24, 2.45) is 0 Å². The molecule has 0 saturated heterocycles. The van der Waals surface area contributed by atoms with Crippen molar-refractivity contribution in [3.63, 3.8) is 0 Å².